The van der Waals surface area contributed by atoms with E-state index in [1.807, 2.05) is 6.08 Å². The van der Waals surface area contributed by atoms with Crippen molar-refractivity contribution in [2.45, 2.75) is 38.0 Å². The molecule has 0 aromatic carbocycles. The Bertz CT molecular complexity index is 1200. The molecule has 2 aliphatic carbocycles. The first-order chi connectivity index (χ1) is 15.2. The molecule has 3 heterocycles. The molecule has 0 spiro atoms. The molecular weight excluding hydrogens is 442 g/mol. The standard InChI is InChI=1S/C21H22F2N4O4S/c1-26-20-18(27(32(26,29)30)12-15-11-21(15,22)23)7-6-16(24-20)14-4-2-13(3-5-14)10-19(28)17-8-9-31-25-17/h4,6-9,13,15H,2-3,5,10-12H2,1H3. The van der Waals surface area contributed by atoms with E-state index in [1.54, 1.807) is 18.2 Å². The Kier molecular flexibility index (Phi) is 4.84. The molecule has 0 saturated heterocycles. The summed E-state index contributed by atoms with van der Waals surface area (Å²) in [6, 6.07) is 4.93. The predicted molar refractivity (Wildman–Crippen MR) is 113 cm³/mol. The van der Waals surface area contributed by atoms with E-state index < -0.39 is 22.0 Å². The van der Waals surface area contributed by atoms with Crippen LogP contribution in [-0.4, -0.2) is 43.9 Å². The molecule has 0 radical (unpaired) electrons. The molecule has 2 aromatic rings. The number of allylic oxidation sites excluding steroid dienone is 2. The van der Waals surface area contributed by atoms with Gasteiger partial charge in [-0.1, -0.05) is 11.2 Å². The van der Waals surface area contributed by atoms with E-state index in [0.717, 1.165) is 20.6 Å². The van der Waals surface area contributed by atoms with Crippen LogP contribution in [0.25, 0.3) is 5.57 Å². The lowest BCUT2D eigenvalue weighted by molar-refractivity contribution is 0.0949. The predicted octanol–water partition coefficient (Wildman–Crippen LogP) is 3.68. The molecule has 2 unspecified atom stereocenters. The van der Waals surface area contributed by atoms with Gasteiger partial charge in [-0.15, -0.1) is 0 Å². The third kappa shape index (κ3) is 3.58. The first kappa shape index (κ1) is 21.0. The number of pyridine rings is 1. The quantitative estimate of drug-likeness (QED) is 0.605. The monoisotopic (exact) mass is 464 g/mol. The second-order valence-electron chi connectivity index (χ2n) is 8.59. The van der Waals surface area contributed by atoms with E-state index in [-0.39, 0.29) is 30.5 Å². The molecule has 0 amide bonds. The summed E-state index contributed by atoms with van der Waals surface area (Å²) < 4.78 is 59.1. The molecule has 8 nitrogen and oxygen atoms in total. The largest absolute Gasteiger partial charge is 0.364 e. The molecular formula is C21H22F2N4O4S. The van der Waals surface area contributed by atoms with Crippen LogP contribution in [0.5, 0.6) is 0 Å². The number of halogens is 2. The van der Waals surface area contributed by atoms with Crippen LogP contribution in [0.15, 0.2) is 35.1 Å². The Balaban J connectivity index is 1.32. The van der Waals surface area contributed by atoms with Crippen LogP contribution in [0.2, 0.25) is 0 Å². The topological polar surface area (TPSA) is 96.6 Å². The summed E-state index contributed by atoms with van der Waals surface area (Å²) >= 11 is 0. The zero-order valence-electron chi connectivity index (χ0n) is 17.4. The summed E-state index contributed by atoms with van der Waals surface area (Å²) in [6.45, 7) is -0.252. The van der Waals surface area contributed by atoms with Crippen LogP contribution in [0.1, 0.15) is 48.3 Å². The van der Waals surface area contributed by atoms with Crippen molar-refractivity contribution < 1.29 is 26.5 Å². The fourth-order valence-corrected chi connectivity index (χ4v) is 5.73. The van der Waals surface area contributed by atoms with Crippen LogP contribution in [0, 0.1) is 11.8 Å². The molecule has 2 atom stereocenters. The summed E-state index contributed by atoms with van der Waals surface area (Å²) in [7, 11) is -2.54. The molecule has 32 heavy (non-hydrogen) atoms. The minimum absolute atomic E-state index is 0.0515. The highest BCUT2D eigenvalue weighted by atomic mass is 32.2. The molecule has 0 bridgehead atoms. The van der Waals surface area contributed by atoms with Gasteiger partial charge >= 0.3 is 10.2 Å². The second kappa shape index (κ2) is 7.36. The van der Waals surface area contributed by atoms with E-state index in [4.69, 9.17) is 4.52 Å². The van der Waals surface area contributed by atoms with Gasteiger partial charge in [-0.3, -0.25) is 4.79 Å². The van der Waals surface area contributed by atoms with Crippen LogP contribution in [0.4, 0.5) is 20.3 Å². The van der Waals surface area contributed by atoms with Crippen molar-refractivity contribution in [1.82, 2.24) is 10.1 Å². The first-order valence-electron chi connectivity index (χ1n) is 10.5. The van der Waals surface area contributed by atoms with E-state index in [0.29, 0.717) is 36.3 Å². The zero-order chi connectivity index (χ0) is 22.7. The Morgan fingerprint density at radius 1 is 1.31 bits per heavy atom. The summed E-state index contributed by atoms with van der Waals surface area (Å²) in [4.78, 5) is 16.8. The van der Waals surface area contributed by atoms with Crippen molar-refractivity contribution in [1.29, 1.82) is 0 Å². The third-order valence-corrected chi connectivity index (χ3v) is 8.20. The zero-order valence-corrected chi connectivity index (χ0v) is 18.2. The van der Waals surface area contributed by atoms with Crippen LogP contribution in [0.3, 0.4) is 0 Å². The minimum Gasteiger partial charge on any atom is -0.364 e. The van der Waals surface area contributed by atoms with E-state index in [2.05, 4.69) is 10.1 Å². The van der Waals surface area contributed by atoms with E-state index in [9.17, 15) is 22.0 Å². The van der Waals surface area contributed by atoms with Gasteiger partial charge in [-0.2, -0.15) is 8.42 Å². The smallest absolute Gasteiger partial charge is 0.327 e. The molecule has 11 heteroatoms. The number of nitrogens with zero attached hydrogens (tertiary/aromatic N) is 4. The van der Waals surface area contributed by atoms with Crippen LogP contribution >= 0.6 is 0 Å². The molecule has 170 valence electrons. The van der Waals surface area contributed by atoms with Gasteiger partial charge in [0, 0.05) is 38.4 Å². The normalized spacial score (nSPS) is 25.4. The number of hydrogen-bond acceptors (Lipinski definition) is 6. The summed E-state index contributed by atoms with van der Waals surface area (Å²) in [6.07, 6.45) is 5.70. The van der Waals surface area contributed by atoms with Gasteiger partial charge in [0.25, 0.3) is 5.92 Å². The Hall–Kier alpha value is -2.82. The molecule has 1 aliphatic heterocycles. The lowest BCUT2D eigenvalue weighted by Gasteiger charge is -2.21. The molecule has 5 rings (SSSR count). The average molecular weight is 464 g/mol. The number of ketones is 1. The lowest BCUT2D eigenvalue weighted by atomic mass is 9.85. The maximum Gasteiger partial charge on any atom is 0.327 e. The fourth-order valence-electron chi connectivity index (χ4n) is 4.32. The Morgan fingerprint density at radius 2 is 2.09 bits per heavy atom. The van der Waals surface area contributed by atoms with Gasteiger partial charge in [0.1, 0.15) is 12.0 Å². The van der Waals surface area contributed by atoms with E-state index >= 15 is 0 Å². The number of carbonyl (C=O) groups excluding carboxylic acids is 1. The number of carbonyl (C=O) groups is 1. The first-order valence-corrected chi connectivity index (χ1v) is 11.8. The van der Waals surface area contributed by atoms with Gasteiger partial charge in [-0.05, 0) is 42.9 Å². The number of Topliss-reactive ketones (excluding diaryl/α,β-unsaturated/α-hetero) is 1. The third-order valence-electron chi connectivity index (χ3n) is 6.43. The maximum atomic E-state index is 13.4. The number of rotatable bonds is 6. The molecule has 2 aromatic heterocycles. The summed E-state index contributed by atoms with van der Waals surface area (Å²) in [5, 5.41) is 3.68. The number of anilines is 2. The highest BCUT2D eigenvalue weighted by Gasteiger charge is 2.59. The number of aromatic nitrogens is 2. The number of fused-ring (bicyclic) bond motifs is 1. The van der Waals surface area contributed by atoms with Gasteiger partial charge in [0.05, 0.1) is 11.4 Å². The maximum absolute atomic E-state index is 13.4. The average Bonchev–Trinajstić information content (AvgIpc) is 3.10. The molecule has 3 aliphatic rings. The van der Waals surface area contributed by atoms with Gasteiger partial charge in [-0.25, -0.2) is 22.4 Å². The van der Waals surface area contributed by atoms with Gasteiger partial charge in [0.15, 0.2) is 11.6 Å². The van der Waals surface area contributed by atoms with Crippen molar-refractivity contribution in [3.63, 3.8) is 0 Å². The van der Waals surface area contributed by atoms with Gasteiger partial charge < -0.3 is 4.52 Å². The van der Waals surface area contributed by atoms with E-state index in [1.165, 1.54) is 13.3 Å². The van der Waals surface area contributed by atoms with Crippen LogP contribution < -0.4 is 8.61 Å². The summed E-state index contributed by atoms with van der Waals surface area (Å²) in [5.41, 5.74) is 2.30. The number of alkyl halides is 2. The highest BCUT2D eigenvalue weighted by Crippen LogP contribution is 2.51. The Morgan fingerprint density at radius 3 is 2.72 bits per heavy atom. The van der Waals surface area contributed by atoms with Crippen molar-refractivity contribution in [2.75, 3.05) is 22.2 Å². The van der Waals surface area contributed by atoms with Crippen molar-refractivity contribution in [2.24, 2.45) is 11.8 Å². The second-order valence-corrected chi connectivity index (χ2v) is 10.5. The number of hydrogen-bond donors (Lipinski definition) is 0. The SMILES string of the molecule is CN1c2nc(C3=CCC(CC(=O)c4ccon4)CC3)ccc2N(CC2CC2(F)F)S1(=O)=O. The minimum atomic E-state index is -3.92. The van der Waals surface area contributed by atoms with Gasteiger partial charge in [0.2, 0.25) is 0 Å². The van der Waals surface area contributed by atoms with Crippen molar-refractivity contribution >= 4 is 33.1 Å². The Labute approximate surface area is 184 Å². The van der Waals surface area contributed by atoms with Crippen LogP contribution in [-0.2, 0) is 10.2 Å². The molecule has 1 fully saturated rings. The molecule has 1 saturated carbocycles. The fraction of sp³-hybridized carbons (Fsp3) is 0.476. The highest BCUT2D eigenvalue weighted by molar-refractivity contribution is 7.94. The summed E-state index contributed by atoms with van der Waals surface area (Å²) in [5.74, 6) is -3.38. The lowest BCUT2D eigenvalue weighted by Crippen LogP contribution is -2.37. The molecule has 0 N–H and O–H groups in total. The van der Waals surface area contributed by atoms with Crippen molar-refractivity contribution in [3.05, 3.63) is 41.9 Å². The van der Waals surface area contributed by atoms with Crippen molar-refractivity contribution in [3.8, 4) is 0 Å².